The molecule has 132 valence electrons. The van der Waals surface area contributed by atoms with Crippen molar-refractivity contribution >= 4 is 27.6 Å². The van der Waals surface area contributed by atoms with E-state index in [-0.39, 0.29) is 4.90 Å². The number of carbonyl (C=O) groups is 2. The lowest BCUT2D eigenvalue weighted by molar-refractivity contribution is 0.0696. The fraction of sp³-hybridized carbons (Fsp3) is 0.125. The minimum absolute atomic E-state index is 0.132. The van der Waals surface area contributed by atoms with Crippen LogP contribution in [0.15, 0.2) is 47.4 Å². The first-order chi connectivity index (χ1) is 11.7. The quantitative estimate of drug-likeness (QED) is 0.802. The van der Waals surface area contributed by atoms with Gasteiger partial charge in [-0.1, -0.05) is 6.07 Å². The highest BCUT2D eigenvalue weighted by molar-refractivity contribution is 7.92. The van der Waals surface area contributed by atoms with E-state index in [0.717, 1.165) is 19.2 Å². The monoisotopic (exact) mass is 365 g/mol. The average Bonchev–Trinajstić information content (AvgIpc) is 2.60. The fourth-order valence-corrected chi connectivity index (χ4v) is 3.49. The van der Waals surface area contributed by atoms with E-state index in [1.54, 1.807) is 0 Å². The molecule has 8 nitrogen and oxygen atoms in total. The van der Waals surface area contributed by atoms with Crippen LogP contribution < -0.4 is 9.04 Å². The van der Waals surface area contributed by atoms with Gasteiger partial charge in [-0.15, -0.1) is 0 Å². The largest absolute Gasteiger partial charge is 0.497 e. The van der Waals surface area contributed by atoms with Gasteiger partial charge in [-0.05, 0) is 36.4 Å². The molecule has 0 aliphatic rings. The molecule has 0 fully saturated rings. The molecule has 0 spiro atoms. The zero-order chi connectivity index (χ0) is 18.8. The number of aromatic carboxylic acids is 2. The maximum Gasteiger partial charge on any atom is 0.337 e. The van der Waals surface area contributed by atoms with Gasteiger partial charge in [0.25, 0.3) is 10.0 Å². The Hall–Kier alpha value is -3.07. The van der Waals surface area contributed by atoms with Crippen molar-refractivity contribution in [3.63, 3.8) is 0 Å². The second kappa shape index (κ2) is 6.81. The Labute approximate surface area is 143 Å². The van der Waals surface area contributed by atoms with Crippen LogP contribution >= 0.6 is 0 Å². The number of hydrogen-bond donors (Lipinski definition) is 2. The minimum atomic E-state index is -4.18. The van der Waals surface area contributed by atoms with Crippen molar-refractivity contribution < 1.29 is 33.0 Å². The van der Waals surface area contributed by atoms with Crippen molar-refractivity contribution in [1.82, 2.24) is 0 Å². The fourth-order valence-electron chi connectivity index (χ4n) is 2.25. The van der Waals surface area contributed by atoms with Crippen LogP contribution in [0.4, 0.5) is 5.69 Å². The molecule has 2 aromatic rings. The number of para-hydroxylation sites is 1. The third-order valence-electron chi connectivity index (χ3n) is 3.53. The Balaban J connectivity index is 2.64. The van der Waals surface area contributed by atoms with Crippen LogP contribution in [-0.4, -0.2) is 44.7 Å². The standard InChI is InChI=1S/C16H15NO7S/c1-17(25(22,23)11-8-6-10(24-2)7-9-11)14-12(15(18)19)4-3-5-13(14)16(20)21/h3-9H,1-2H3,(H,18,19)(H,20,21). The molecular weight excluding hydrogens is 350 g/mol. The van der Waals surface area contributed by atoms with Crippen LogP contribution in [0.5, 0.6) is 5.75 Å². The highest BCUT2D eigenvalue weighted by Gasteiger charge is 2.29. The number of ether oxygens (including phenoxy) is 1. The van der Waals surface area contributed by atoms with Gasteiger partial charge >= 0.3 is 11.9 Å². The maximum atomic E-state index is 12.8. The summed E-state index contributed by atoms with van der Waals surface area (Å²) >= 11 is 0. The number of benzene rings is 2. The maximum absolute atomic E-state index is 12.8. The van der Waals surface area contributed by atoms with Crippen molar-refractivity contribution in [2.75, 3.05) is 18.5 Å². The van der Waals surface area contributed by atoms with Crippen LogP contribution in [0.3, 0.4) is 0 Å². The number of nitrogens with zero attached hydrogens (tertiary/aromatic N) is 1. The van der Waals surface area contributed by atoms with E-state index in [2.05, 4.69) is 0 Å². The molecule has 0 bridgehead atoms. The third-order valence-corrected chi connectivity index (χ3v) is 5.30. The number of carboxylic acids is 2. The molecule has 2 N–H and O–H groups in total. The van der Waals surface area contributed by atoms with Crippen molar-refractivity contribution in [3.05, 3.63) is 53.6 Å². The van der Waals surface area contributed by atoms with Gasteiger partial charge in [0.15, 0.2) is 0 Å². The number of anilines is 1. The first kappa shape index (κ1) is 18.3. The summed E-state index contributed by atoms with van der Waals surface area (Å²) in [6.07, 6.45) is 0. The van der Waals surface area contributed by atoms with E-state index < -0.39 is 38.8 Å². The molecule has 2 rings (SSSR count). The van der Waals surface area contributed by atoms with Crippen LogP contribution in [-0.2, 0) is 10.0 Å². The van der Waals surface area contributed by atoms with Gasteiger partial charge in [-0.25, -0.2) is 18.0 Å². The Bertz CT molecular complexity index is 888. The van der Waals surface area contributed by atoms with Crippen molar-refractivity contribution in [2.24, 2.45) is 0 Å². The molecule has 0 aliphatic heterocycles. The van der Waals surface area contributed by atoms with E-state index in [9.17, 15) is 28.2 Å². The molecule has 0 saturated heterocycles. The van der Waals surface area contributed by atoms with E-state index in [4.69, 9.17) is 4.74 Å². The lowest BCUT2D eigenvalue weighted by Crippen LogP contribution is -2.30. The highest BCUT2D eigenvalue weighted by atomic mass is 32.2. The molecule has 0 unspecified atom stereocenters. The lowest BCUT2D eigenvalue weighted by atomic mass is 10.1. The first-order valence-corrected chi connectivity index (χ1v) is 8.36. The van der Waals surface area contributed by atoms with Gasteiger partial charge in [-0.2, -0.15) is 0 Å². The molecule has 0 radical (unpaired) electrons. The Morgan fingerprint density at radius 2 is 1.44 bits per heavy atom. The molecular formula is C16H15NO7S. The second-order valence-corrected chi connectivity index (χ2v) is 6.93. The van der Waals surface area contributed by atoms with Crippen LogP contribution in [0, 0.1) is 0 Å². The average molecular weight is 365 g/mol. The van der Waals surface area contributed by atoms with Gasteiger partial charge in [0.2, 0.25) is 0 Å². The summed E-state index contributed by atoms with van der Waals surface area (Å²) in [4.78, 5) is 22.7. The van der Waals surface area contributed by atoms with E-state index >= 15 is 0 Å². The summed E-state index contributed by atoms with van der Waals surface area (Å²) in [6, 6.07) is 8.96. The SMILES string of the molecule is COc1ccc(S(=O)(=O)N(C)c2c(C(=O)O)cccc2C(=O)O)cc1. The van der Waals surface area contributed by atoms with E-state index in [1.807, 2.05) is 0 Å². The van der Waals surface area contributed by atoms with Crippen LogP contribution in [0.25, 0.3) is 0 Å². The molecule has 9 heteroatoms. The number of sulfonamides is 1. The van der Waals surface area contributed by atoms with Crippen LogP contribution in [0.2, 0.25) is 0 Å². The van der Waals surface area contributed by atoms with Crippen molar-refractivity contribution in [2.45, 2.75) is 4.90 Å². The number of methoxy groups -OCH3 is 1. The zero-order valence-corrected chi connectivity index (χ0v) is 14.1. The Morgan fingerprint density at radius 1 is 0.960 bits per heavy atom. The predicted octanol–water partition coefficient (Wildman–Crippen LogP) is 1.92. The van der Waals surface area contributed by atoms with Gasteiger partial charge in [0.1, 0.15) is 5.75 Å². The summed E-state index contributed by atoms with van der Waals surface area (Å²) in [6.45, 7) is 0. The molecule has 0 atom stereocenters. The van der Waals surface area contributed by atoms with Gasteiger partial charge in [0, 0.05) is 7.05 Å². The summed E-state index contributed by atoms with van der Waals surface area (Å²) in [5.74, 6) is -2.43. The number of rotatable bonds is 6. The van der Waals surface area contributed by atoms with E-state index in [1.165, 1.54) is 37.4 Å². The topological polar surface area (TPSA) is 121 Å². The molecule has 0 saturated carbocycles. The number of carboxylic acid groups (broad SMARTS) is 2. The summed E-state index contributed by atoms with van der Waals surface area (Å²) < 4.78 is 31.2. The summed E-state index contributed by atoms with van der Waals surface area (Å²) in [5.41, 5.74) is -1.28. The second-order valence-electron chi connectivity index (χ2n) is 4.96. The molecule has 25 heavy (non-hydrogen) atoms. The van der Waals surface area contributed by atoms with Gasteiger partial charge in [0.05, 0.1) is 28.8 Å². The smallest absolute Gasteiger partial charge is 0.337 e. The van der Waals surface area contributed by atoms with Crippen molar-refractivity contribution in [1.29, 1.82) is 0 Å². The first-order valence-electron chi connectivity index (χ1n) is 6.92. The van der Waals surface area contributed by atoms with E-state index in [0.29, 0.717) is 10.1 Å². The normalized spacial score (nSPS) is 11.0. The van der Waals surface area contributed by atoms with Crippen LogP contribution in [0.1, 0.15) is 20.7 Å². The van der Waals surface area contributed by atoms with Crippen molar-refractivity contribution in [3.8, 4) is 5.75 Å². The Morgan fingerprint density at radius 3 is 1.84 bits per heavy atom. The highest BCUT2D eigenvalue weighted by Crippen LogP contribution is 2.30. The van der Waals surface area contributed by atoms with Gasteiger partial charge in [-0.3, -0.25) is 4.31 Å². The molecule has 2 aromatic carbocycles. The predicted molar refractivity (Wildman–Crippen MR) is 88.9 cm³/mol. The van der Waals surface area contributed by atoms with Gasteiger partial charge < -0.3 is 14.9 Å². The summed E-state index contributed by atoms with van der Waals surface area (Å²) in [7, 11) is -1.64. The molecule has 0 aromatic heterocycles. The molecule has 0 aliphatic carbocycles. The third kappa shape index (κ3) is 3.41. The molecule has 0 heterocycles. The summed E-state index contributed by atoms with van der Waals surface area (Å²) in [5, 5.41) is 18.6. The zero-order valence-electron chi connectivity index (χ0n) is 13.3. The Kier molecular flexibility index (Phi) is 4.98. The molecule has 0 amide bonds. The number of hydrogen-bond acceptors (Lipinski definition) is 5. The minimum Gasteiger partial charge on any atom is -0.497 e. The lowest BCUT2D eigenvalue weighted by Gasteiger charge is -2.23.